The van der Waals surface area contributed by atoms with Gasteiger partial charge in [-0.05, 0) is 38.1 Å². The van der Waals surface area contributed by atoms with Crippen LogP contribution in [0.3, 0.4) is 0 Å². The lowest BCUT2D eigenvalue weighted by atomic mass is 10.2. The molecule has 5 nitrogen and oxygen atoms in total. The molecule has 0 saturated carbocycles. The summed E-state index contributed by atoms with van der Waals surface area (Å²) in [5.41, 5.74) is 0.687. The summed E-state index contributed by atoms with van der Waals surface area (Å²) in [7, 11) is -3.44. The number of rotatable bonds is 6. The van der Waals surface area contributed by atoms with Crippen molar-refractivity contribution in [1.82, 2.24) is 4.31 Å². The van der Waals surface area contributed by atoms with Crippen molar-refractivity contribution in [2.75, 3.05) is 13.1 Å². The highest BCUT2D eigenvalue weighted by atomic mass is 32.2. The lowest BCUT2D eigenvalue weighted by Crippen LogP contribution is -2.30. The number of hydrogen-bond donors (Lipinski definition) is 0. The molecule has 1 aromatic rings. The van der Waals surface area contributed by atoms with Crippen molar-refractivity contribution in [2.24, 2.45) is 0 Å². The Labute approximate surface area is 121 Å². The molecule has 1 rings (SSSR count). The van der Waals surface area contributed by atoms with Gasteiger partial charge in [-0.15, -0.1) is 0 Å². The fourth-order valence-corrected chi connectivity index (χ4v) is 3.19. The van der Waals surface area contributed by atoms with Gasteiger partial charge in [0.25, 0.3) is 0 Å². The molecular weight excluding hydrogens is 276 g/mol. The smallest absolute Gasteiger partial charge is 0.243 e. The Morgan fingerprint density at radius 3 is 2.10 bits per heavy atom. The maximum atomic E-state index is 12.3. The van der Waals surface area contributed by atoms with E-state index in [0.29, 0.717) is 18.7 Å². The Morgan fingerprint density at radius 1 is 1.20 bits per heavy atom. The van der Waals surface area contributed by atoms with Crippen molar-refractivity contribution in [3.05, 3.63) is 35.0 Å². The fourth-order valence-electron chi connectivity index (χ4n) is 1.73. The zero-order valence-corrected chi connectivity index (χ0v) is 13.2. The lowest BCUT2D eigenvalue weighted by molar-refractivity contribution is -0.487. The first-order valence-electron chi connectivity index (χ1n) is 6.73. The van der Waals surface area contributed by atoms with Gasteiger partial charge in [0.05, 0.1) is 4.90 Å². The van der Waals surface area contributed by atoms with Crippen LogP contribution in [-0.2, 0) is 10.0 Å². The SMILES string of the molecule is CCN(CC)S(=O)(=O)c1ccc(C=[N+]([O-])C(C)C)cc1. The highest BCUT2D eigenvalue weighted by molar-refractivity contribution is 7.89. The number of benzene rings is 1. The molecule has 112 valence electrons. The average Bonchev–Trinajstić information content (AvgIpc) is 2.40. The van der Waals surface area contributed by atoms with E-state index in [2.05, 4.69) is 0 Å². The van der Waals surface area contributed by atoms with E-state index >= 15 is 0 Å². The first kappa shape index (κ1) is 16.7. The van der Waals surface area contributed by atoms with Crippen molar-refractivity contribution in [3.8, 4) is 0 Å². The third-order valence-electron chi connectivity index (χ3n) is 3.01. The van der Waals surface area contributed by atoms with Crippen molar-refractivity contribution < 1.29 is 13.2 Å². The van der Waals surface area contributed by atoms with Crippen LogP contribution in [0.5, 0.6) is 0 Å². The Balaban J connectivity index is 3.06. The minimum Gasteiger partial charge on any atom is -0.624 e. The predicted molar refractivity (Wildman–Crippen MR) is 80.5 cm³/mol. The molecule has 0 spiro atoms. The van der Waals surface area contributed by atoms with E-state index in [-0.39, 0.29) is 10.9 Å². The second kappa shape index (κ2) is 6.85. The Kier molecular flexibility index (Phi) is 5.71. The van der Waals surface area contributed by atoms with Crippen molar-refractivity contribution in [1.29, 1.82) is 0 Å². The van der Waals surface area contributed by atoms with E-state index in [9.17, 15) is 13.6 Å². The Morgan fingerprint density at radius 2 is 1.70 bits per heavy atom. The van der Waals surface area contributed by atoms with E-state index in [1.165, 1.54) is 22.7 Å². The molecule has 6 heteroatoms. The minimum absolute atomic E-state index is 0.144. The summed E-state index contributed by atoms with van der Waals surface area (Å²) in [5.74, 6) is 0. The highest BCUT2D eigenvalue weighted by Crippen LogP contribution is 2.15. The molecule has 0 aliphatic carbocycles. The third-order valence-corrected chi connectivity index (χ3v) is 5.07. The topological polar surface area (TPSA) is 63.5 Å². The van der Waals surface area contributed by atoms with E-state index in [4.69, 9.17) is 0 Å². The number of hydroxylamine groups is 1. The van der Waals surface area contributed by atoms with Crippen LogP contribution < -0.4 is 0 Å². The quantitative estimate of drug-likeness (QED) is 0.349. The summed E-state index contributed by atoms with van der Waals surface area (Å²) in [6, 6.07) is 6.21. The fraction of sp³-hybridized carbons (Fsp3) is 0.500. The van der Waals surface area contributed by atoms with E-state index < -0.39 is 10.0 Å². The first-order valence-corrected chi connectivity index (χ1v) is 8.17. The van der Waals surface area contributed by atoms with Gasteiger partial charge in [0.15, 0.2) is 12.3 Å². The summed E-state index contributed by atoms with van der Waals surface area (Å²) in [5, 5.41) is 11.5. The van der Waals surface area contributed by atoms with E-state index in [1.54, 1.807) is 39.8 Å². The van der Waals surface area contributed by atoms with Crippen LogP contribution in [0.1, 0.15) is 33.3 Å². The zero-order chi connectivity index (χ0) is 15.3. The number of sulfonamides is 1. The summed E-state index contributed by atoms with van der Waals surface area (Å²) >= 11 is 0. The Hall–Kier alpha value is -1.40. The van der Waals surface area contributed by atoms with E-state index in [1.807, 2.05) is 0 Å². The van der Waals surface area contributed by atoms with Gasteiger partial charge >= 0.3 is 0 Å². The van der Waals surface area contributed by atoms with Gasteiger partial charge in [-0.3, -0.25) is 0 Å². The van der Waals surface area contributed by atoms with E-state index in [0.717, 1.165) is 4.74 Å². The van der Waals surface area contributed by atoms with Gasteiger partial charge in [0.2, 0.25) is 10.0 Å². The monoisotopic (exact) mass is 298 g/mol. The summed E-state index contributed by atoms with van der Waals surface area (Å²) < 4.78 is 26.8. The molecule has 0 aliphatic rings. The second-order valence-electron chi connectivity index (χ2n) is 4.74. The molecule has 0 amide bonds. The first-order chi connectivity index (χ1) is 9.32. The molecule has 0 heterocycles. The molecule has 0 aliphatic heterocycles. The van der Waals surface area contributed by atoms with Crippen molar-refractivity contribution in [3.63, 3.8) is 0 Å². The largest absolute Gasteiger partial charge is 0.624 e. The molecule has 0 fully saturated rings. The average molecular weight is 298 g/mol. The second-order valence-corrected chi connectivity index (χ2v) is 6.68. The molecular formula is C14H22N2O3S. The molecule has 20 heavy (non-hydrogen) atoms. The third kappa shape index (κ3) is 3.80. The molecule has 0 N–H and O–H groups in total. The highest BCUT2D eigenvalue weighted by Gasteiger charge is 2.21. The van der Waals surface area contributed by atoms with Gasteiger partial charge in [-0.1, -0.05) is 13.8 Å². The standard InChI is InChI=1S/C14H22N2O3S/c1-5-15(6-2)20(18,19)14-9-7-13(8-10-14)11-16(17)12(3)4/h7-12H,5-6H2,1-4H3. The van der Waals surface area contributed by atoms with Crippen LogP contribution in [0.25, 0.3) is 0 Å². The van der Waals surface area contributed by atoms with Crippen LogP contribution in [0, 0.1) is 5.21 Å². The molecule has 0 saturated heterocycles. The number of hydrogen-bond acceptors (Lipinski definition) is 3. The van der Waals surface area contributed by atoms with Crippen LogP contribution in [0.15, 0.2) is 29.2 Å². The maximum Gasteiger partial charge on any atom is 0.243 e. The van der Waals surface area contributed by atoms with Gasteiger partial charge < -0.3 is 5.21 Å². The van der Waals surface area contributed by atoms with Gasteiger partial charge in [0.1, 0.15) is 0 Å². The lowest BCUT2D eigenvalue weighted by Gasteiger charge is -2.18. The van der Waals surface area contributed by atoms with Crippen LogP contribution in [0.4, 0.5) is 0 Å². The normalized spacial score (nSPS) is 13.2. The van der Waals surface area contributed by atoms with Gasteiger partial charge in [-0.2, -0.15) is 4.31 Å². The summed E-state index contributed by atoms with van der Waals surface area (Å²) in [6.07, 6.45) is 1.46. The van der Waals surface area contributed by atoms with Crippen LogP contribution in [-0.4, -0.2) is 42.8 Å². The summed E-state index contributed by atoms with van der Waals surface area (Å²) in [6.45, 7) is 8.08. The van der Waals surface area contributed by atoms with Gasteiger partial charge in [0, 0.05) is 18.7 Å². The zero-order valence-electron chi connectivity index (χ0n) is 12.4. The molecule has 0 aromatic heterocycles. The van der Waals surface area contributed by atoms with Gasteiger partial charge in [-0.25, -0.2) is 13.2 Å². The van der Waals surface area contributed by atoms with Crippen LogP contribution >= 0.6 is 0 Å². The molecule has 0 unspecified atom stereocenters. The van der Waals surface area contributed by atoms with Crippen molar-refractivity contribution >= 4 is 16.2 Å². The predicted octanol–water partition coefficient (Wildman–Crippen LogP) is 2.05. The molecule has 0 atom stereocenters. The number of nitrogens with zero attached hydrogens (tertiary/aromatic N) is 2. The Bertz CT molecular complexity index is 559. The molecule has 0 bridgehead atoms. The van der Waals surface area contributed by atoms with Crippen molar-refractivity contribution in [2.45, 2.75) is 38.6 Å². The van der Waals surface area contributed by atoms with Crippen LogP contribution in [0.2, 0.25) is 0 Å². The molecule has 1 aromatic carbocycles. The minimum atomic E-state index is -3.44. The maximum absolute atomic E-state index is 12.3. The molecule has 0 radical (unpaired) electrons. The summed E-state index contributed by atoms with van der Waals surface area (Å²) in [4.78, 5) is 0.250.